The van der Waals surface area contributed by atoms with Crippen LogP contribution in [-0.4, -0.2) is 35.3 Å². The van der Waals surface area contributed by atoms with Gasteiger partial charge in [-0.15, -0.1) is 0 Å². The highest BCUT2D eigenvalue weighted by Gasteiger charge is 2.33. The van der Waals surface area contributed by atoms with Gasteiger partial charge in [-0.3, -0.25) is 9.59 Å². The molecule has 0 aromatic carbocycles. The molecule has 0 aromatic heterocycles. The lowest BCUT2D eigenvalue weighted by Crippen LogP contribution is -2.49. The van der Waals surface area contributed by atoms with E-state index >= 15 is 0 Å². The van der Waals surface area contributed by atoms with Gasteiger partial charge in [-0.05, 0) is 46.5 Å². The Hall–Kier alpha value is -1.06. The van der Waals surface area contributed by atoms with Gasteiger partial charge < -0.3 is 10.2 Å². The highest BCUT2D eigenvalue weighted by atomic mass is 16.2. The standard InChI is InChI=1S/C15H26N2O2/c1-15(2,3)16-13(18)11-7-9-17(10-8-11)14(19)12-5-4-6-12/h11-12H,4-10H2,1-3H3,(H,16,18). The maximum atomic E-state index is 12.1. The summed E-state index contributed by atoms with van der Waals surface area (Å²) < 4.78 is 0. The van der Waals surface area contributed by atoms with Crippen molar-refractivity contribution >= 4 is 11.8 Å². The van der Waals surface area contributed by atoms with E-state index < -0.39 is 0 Å². The molecule has 1 N–H and O–H groups in total. The summed E-state index contributed by atoms with van der Waals surface area (Å²) in [6.45, 7) is 7.50. The van der Waals surface area contributed by atoms with E-state index in [1.54, 1.807) is 0 Å². The van der Waals surface area contributed by atoms with Crippen molar-refractivity contribution in [3.05, 3.63) is 0 Å². The first-order valence-electron chi connectivity index (χ1n) is 7.47. The van der Waals surface area contributed by atoms with Crippen LogP contribution in [0.1, 0.15) is 52.9 Å². The van der Waals surface area contributed by atoms with Gasteiger partial charge in [0.15, 0.2) is 0 Å². The molecule has 4 nitrogen and oxygen atoms in total. The van der Waals surface area contributed by atoms with Gasteiger partial charge in [0.05, 0.1) is 0 Å². The van der Waals surface area contributed by atoms with Crippen molar-refractivity contribution in [1.29, 1.82) is 0 Å². The van der Waals surface area contributed by atoms with E-state index in [-0.39, 0.29) is 23.3 Å². The summed E-state index contributed by atoms with van der Waals surface area (Å²) >= 11 is 0. The fraction of sp³-hybridized carbons (Fsp3) is 0.867. The van der Waals surface area contributed by atoms with Crippen molar-refractivity contribution < 1.29 is 9.59 Å². The van der Waals surface area contributed by atoms with Gasteiger partial charge in [0, 0.05) is 30.5 Å². The minimum absolute atomic E-state index is 0.0738. The number of hydrogen-bond acceptors (Lipinski definition) is 2. The zero-order valence-electron chi connectivity index (χ0n) is 12.4. The molecular weight excluding hydrogens is 240 g/mol. The van der Waals surface area contributed by atoms with E-state index in [1.165, 1.54) is 6.42 Å². The minimum Gasteiger partial charge on any atom is -0.351 e. The van der Waals surface area contributed by atoms with Crippen LogP contribution in [-0.2, 0) is 9.59 Å². The number of likely N-dealkylation sites (tertiary alicyclic amines) is 1. The Morgan fingerprint density at radius 1 is 1.00 bits per heavy atom. The fourth-order valence-electron chi connectivity index (χ4n) is 2.75. The largest absolute Gasteiger partial charge is 0.351 e. The van der Waals surface area contributed by atoms with Gasteiger partial charge >= 0.3 is 0 Å². The summed E-state index contributed by atoms with van der Waals surface area (Å²) in [5.41, 5.74) is -0.171. The molecule has 0 radical (unpaired) electrons. The summed E-state index contributed by atoms with van der Waals surface area (Å²) in [7, 11) is 0. The monoisotopic (exact) mass is 266 g/mol. The van der Waals surface area contributed by atoms with Crippen LogP contribution in [0.3, 0.4) is 0 Å². The predicted octanol–water partition coefficient (Wildman–Crippen LogP) is 1.94. The van der Waals surface area contributed by atoms with E-state index in [0.717, 1.165) is 38.8 Å². The Kier molecular flexibility index (Phi) is 4.16. The average Bonchev–Trinajstić information content (AvgIpc) is 2.24. The highest BCUT2D eigenvalue weighted by molar-refractivity contribution is 5.81. The molecule has 0 bridgehead atoms. The molecular formula is C15H26N2O2. The van der Waals surface area contributed by atoms with E-state index in [1.807, 2.05) is 25.7 Å². The number of piperidine rings is 1. The predicted molar refractivity (Wildman–Crippen MR) is 74.5 cm³/mol. The SMILES string of the molecule is CC(C)(C)NC(=O)C1CCN(C(=O)C2CCC2)CC1. The summed E-state index contributed by atoms with van der Waals surface area (Å²) in [6.07, 6.45) is 4.92. The van der Waals surface area contributed by atoms with Crippen LogP contribution >= 0.6 is 0 Å². The molecule has 1 heterocycles. The molecule has 108 valence electrons. The van der Waals surface area contributed by atoms with Gasteiger partial charge in [0.1, 0.15) is 0 Å². The van der Waals surface area contributed by atoms with Gasteiger partial charge in [0.25, 0.3) is 0 Å². The summed E-state index contributed by atoms with van der Waals surface area (Å²) in [6, 6.07) is 0. The van der Waals surface area contributed by atoms with Gasteiger partial charge in [-0.25, -0.2) is 0 Å². The number of carbonyl (C=O) groups is 2. The molecule has 0 atom stereocenters. The number of rotatable bonds is 2. The molecule has 19 heavy (non-hydrogen) atoms. The molecule has 1 aliphatic heterocycles. The Bertz CT molecular complexity index is 348. The second-order valence-corrected chi connectivity index (χ2v) is 6.97. The second-order valence-electron chi connectivity index (χ2n) is 6.97. The molecule has 1 aliphatic carbocycles. The Balaban J connectivity index is 1.78. The Labute approximate surface area is 115 Å². The molecule has 0 unspecified atom stereocenters. The molecule has 2 fully saturated rings. The van der Waals surface area contributed by atoms with Crippen LogP contribution in [0.5, 0.6) is 0 Å². The van der Waals surface area contributed by atoms with Crippen molar-refractivity contribution in [3.8, 4) is 0 Å². The minimum atomic E-state index is -0.171. The van der Waals surface area contributed by atoms with Gasteiger partial charge in [-0.1, -0.05) is 6.42 Å². The first-order valence-corrected chi connectivity index (χ1v) is 7.47. The molecule has 4 heteroatoms. The normalized spacial score (nSPS) is 21.9. The summed E-state index contributed by atoms with van der Waals surface area (Å²) in [5.74, 6) is 0.814. The fourth-order valence-corrected chi connectivity index (χ4v) is 2.75. The maximum Gasteiger partial charge on any atom is 0.225 e. The number of hydrogen-bond donors (Lipinski definition) is 1. The first-order chi connectivity index (χ1) is 8.87. The summed E-state index contributed by atoms with van der Waals surface area (Å²) in [4.78, 5) is 26.2. The van der Waals surface area contributed by atoms with E-state index in [0.29, 0.717) is 5.91 Å². The zero-order valence-corrected chi connectivity index (χ0v) is 12.4. The topological polar surface area (TPSA) is 49.4 Å². The van der Waals surface area contributed by atoms with Crippen LogP contribution in [0.2, 0.25) is 0 Å². The smallest absolute Gasteiger partial charge is 0.225 e. The highest BCUT2D eigenvalue weighted by Crippen LogP contribution is 2.30. The average molecular weight is 266 g/mol. The van der Waals surface area contributed by atoms with E-state index in [2.05, 4.69) is 5.32 Å². The van der Waals surface area contributed by atoms with Crippen LogP contribution in [0.15, 0.2) is 0 Å². The van der Waals surface area contributed by atoms with Crippen molar-refractivity contribution in [2.75, 3.05) is 13.1 Å². The van der Waals surface area contributed by atoms with Crippen molar-refractivity contribution in [2.45, 2.75) is 58.4 Å². The van der Waals surface area contributed by atoms with Crippen LogP contribution in [0.4, 0.5) is 0 Å². The Morgan fingerprint density at radius 2 is 1.58 bits per heavy atom. The molecule has 2 rings (SSSR count). The molecule has 1 saturated carbocycles. The van der Waals surface area contributed by atoms with Crippen LogP contribution in [0, 0.1) is 11.8 Å². The number of nitrogens with one attached hydrogen (secondary N) is 1. The first kappa shape index (κ1) is 14.4. The van der Waals surface area contributed by atoms with E-state index in [4.69, 9.17) is 0 Å². The lowest BCUT2D eigenvalue weighted by Gasteiger charge is -2.36. The Morgan fingerprint density at radius 3 is 2.00 bits per heavy atom. The summed E-state index contributed by atoms with van der Waals surface area (Å²) in [5, 5.41) is 3.04. The second kappa shape index (κ2) is 5.51. The molecule has 0 spiro atoms. The van der Waals surface area contributed by atoms with Crippen LogP contribution in [0.25, 0.3) is 0 Å². The third-order valence-electron chi connectivity index (χ3n) is 4.13. The van der Waals surface area contributed by atoms with E-state index in [9.17, 15) is 9.59 Å². The van der Waals surface area contributed by atoms with Crippen molar-refractivity contribution in [3.63, 3.8) is 0 Å². The number of carbonyl (C=O) groups excluding carboxylic acids is 2. The van der Waals surface area contributed by atoms with Crippen molar-refractivity contribution in [2.24, 2.45) is 11.8 Å². The number of amides is 2. The molecule has 0 aromatic rings. The van der Waals surface area contributed by atoms with Gasteiger partial charge in [0.2, 0.25) is 11.8 Å². The third kappa shape index (κ3) is 3.71. The zero-order chi connectivity index (χ0) is 14.0. The van der Waals surface area contributed by atoms with Gasteiger partial charge in [-0.2, -0.15) is 0 Å². The molecule has 2 amide bonds. The molecule has 2 aliphatic rings. The quantitative estimate of drug-likeness (QED) is 0.830. The lowest BCUT2D eigenvalue weighted by molar-refractivity contribution is -0.141. The van der Waals surface area contributed by atoms with Crippen molar-refractivity contribution in [1.82, 2.24) is 10.2 Å². The lowest BCUT2D eigenvalue weighted by atomic mass is 9.83. The number of nitrogens with zero attached hydrogens (tertiary/aromatic N) is 1. The third-order valence-corrected chi connectivity index (χ3v) is 4.13. The maximum absolute atomic E-state index is 12.1. The van der Waals surface area contributed by atoms with Crippen LogP contribution < -0.4 is 5.32 Å². The molecule has 1 saturated heterocycles.